The zero-order valence-corrected chi connectivity index (χ0v) is 12.6. The normalized spacial score (nSPS) is 10.8. The summed E-state index contributed by atoms with van der Waals surface area (Å²) in [6.45, 7) is 4.83. The van der Waals surface area contributed by atoms with Crippen LogP contribution in [0.5, 0.6) is 0 Å². The first-order chi connectivity index (χ1) is 5.66. The zero-order valence-electron chi connectivity index (χ0n) is 9.27. The van der Waals surface area contributed by atoms with E-state index in [-0.39, 0.29) is 0 Å². The van der Waals surface area contributed by atoms with Crippen LogP contribution in [0.4, 0.5) is 0 Å². The molecule has 72 valence electrons. The summed E-state index contributed by atoms with van der Waals surface area (Å²) in [4.78, 5) is 2.45. The minimum absolute atomic E-state index is 0.854. The molecule has 0 atom stereocenters. The molecule has 0 spiro atoms. The number of nitrogens with zero attached hydrogens (tertiary/aromatic N) is 1. The van der Waals surface area contributed by atoms with Gasteiger partial charge >= 0.3 is 86.2 Å². The monoisotopic (exact) mass is 273 g/mol. The maximum atomic E-state index is 2.51. The molecule has 2 heteroatoms. The molecule has 0 aromatic carbocycles. The van der Waals surface area contributed by atoms with Crippen molar-refractivity contribution in [1.82, 2.24) is 4.90 Å². The Morgan fingerprint density at radius 1 is 1.08 bits per heavy atom. The van der Waals surface area contributed by atoms with E-state index in [1.807, 2.05) is 0 Å². The average molecular weight is 273 g/mol. The van der Waals surface area contributed by atoms with E-state index >= 15 is 0 Å². The van der Waals surface area contributed by atoms with E-state index < -0.39 is 21.4 Å². The van der Waals surface area contributed by atoms with Crippen molar-refractivity contribution < 1.29 is 0 Å². The third-order valence-electron chi connectivity index (χ3n) is 2.18. The molecule has 0 saturated heterocycles. The zero-order chi connectivity index (χ0) is 9.40. The van der Waals surface area contributed by atoms with E-state index in [1.54, 1.807) is 4.18 Å². The molecule has 0 unspecified atom stereocenters. The fraction of sp³-hybridized carbons (Fsp3) is 1.00. The predicted octanol–water partition coefficient (Wildman–Crippen LogP) is 2.86. The summed E-state index contributed by atoms with van der Waals surface area (Å²) in [6, 6.07) is 0. The van der Waals surface area contributed by atoms with Crippen molar-refractivity contribution >= 4 is 21.4 Å². The Morgan fingerprint density at radius 3 is 2.25 bits per heavy atom. The summed E-state index contributed by atoms with van der Waals surface area (Å²) in [7, 11) is 2.24. The second-order valence-corrected chi connectivity index (χ2v) is 13.8. The van der Waals surface area contributed by atoms with Gasteiger partial charge in [0.25, 0.3) is 0 Å². The van der Waals surface area contributed by atoms with Crippen molar-refractivity contribution in [1.29, 1.82) is 0 Å². The minimum atomic E-state index is -0.854. The van der Waals surface area contributed by atoms with Gasteiger partial charge in [-0.1, -0.05) is 0 Å². The van der Waals surface area contributed by atoms with Gasteiger partial charge in [0.05, 0.1) is 0 Å². The van der Waals surface area contributed by atoms with E-state index in [4.69, 9.17) is 0 Å². The number of unbranched alkanes of at least 4 members (excludes halogenated alkanes) is 1. The third-order valence-corrected chi connectivity index (χ3v) is 6.64. The molecule has 0 aliphatic rings. The molecule has 0 fully saturated rings. The Balaban J connectivity index is 3.08. The summed E-state index contributed by atoms with van der Waals surface area (Å²) in [5.41, 5.74) is 0. The molecule has 0 aromatic heterocycles. The first-order valence-corrected chi connectivity index (χ1v) is 14.3. The van der Waals surface area contributed by atoms with Crippen LogP contribution < -0.4 is 0 Å². The van der Waals surface area contributed by atoms with Crippen LogP contribution in [0.1, 0.15) is 26.2 Å². The van der Waals surface area contributed by atoms with Crippen molar-refractivity contribution in [2.45, 2.75) is 39.7 Å². The number of rotatable bonds is 7. The molecule has 0 aliphatic carbocycles. The Kier molecular flexibility index (Phi) is 9.01. The second kappa shape index (κ2) is 8.43. The molecule has 0 aliphatic heterocycles. The summed E-state index contributed by atoms with van der Waals surface area (Å²) in [5.74, 6) is 0. The first-order valence-electron chi connectivity index (χ1n) is 5.35. The standard InChI is InChI=1S/C8H18N.2CH3.In/c1-4-6-8-9(3)7-5-2;;;/h1,4-8H2,2-3H3;2*1H3;. The Morgan fingerprint density at radius 2 is 1.75 bits per heavy atom. The predicted molar refractivity (Wildman–Crippen MR) is 59.3 cm³/mol. The molecule has 0 saturated carbocycles. The molecular weight excluding hydrogens is 249 g/mol. The van der Waals surface area contributed by atoms with E-state index in [0.29, 0.717) is 0 Å². The van der Waals surface area contributed by atoms with Crippen LogP contribution in [0.2, 0.25) is 13.5 Å². The Bertz CT molecular complexity index is 93.8. The molecular formula is C10H24InN. The van der Waals surface area contributed by atoms with Crippen LogP contribution in [0, 0.1) is 0 Å². The number of hydrogen-bond donors (Lipinski definition) is 0. The van der Waals surface area contributed by atoms with Gasteiger partial charge in [0.1, 0.15) is 0 Å². The second-order valence-electron chi connectivity index (χ2n) is 4.19. The fourth-order valence-electron chi connectivity index (χ4n) is 1.43. The van der Waals surface area contributed by atoms with Gasteiger partial charge in [-0.2, -0.15) is 0 Å². The van der Waals surface area contributed by atoms with Gasteiger partial charge in [0, 0.05) is 0 Å². The molecule has 12 heavy (non-hydrogen) atoms. The first kappa shape index (κ1) is 12.8. The summed E-state index contributed by atoms with van der Waals surface area (Å²) >= 11 is -0.854. The van der Waals surface area contributed by atoms with Crippen molar-refractivity contribution in [3.05, 3.63) is 0 Å². The third kappa shape index (κ3) is 8.92. The van der Waals surface area contributed by atoms with E-state index in [2.05, 4.69) is 28.2 Å². The molecule has 0 radical (unpaired) electrons. The van der Waals surface area contributed by atoms with Crippen LogP contribution in [0.3, 0.4) is 0 Å². The molecule has 0 amide bonds. The molecule has 1 nitrogen and oxygen atoms in total. The van der Waals surface area contributed by atoms with E-state index in [0.717, 1.165) is 0 Å². The van der Waals surface area contributed by atoms with Gasteiger partial charge in [0.2, 0.25) is 0 Å². The summed E-state index contributed by atoms with van der Waals surface area (Å²) < 4.78 is 6.62. The van der Waals surface area contributed by atoms with Gasteiger partial charge in [0.15, 0.2) is 0 Å². The Labute approximate surface area is 86.1 Å². The molecule has 0 rings (SSSR count). The van der Waals surface area contributed by atoms with Gasteiger partial charge in [-0.15, -0.1) is 0 Å². The van der Waals surface area contributed by atoms with Gasteiger partial charge in [-0.25, -0.2) is 0 Å². The summed E-state index contributed by atoms with van der Waals surface area (Å²) in [5, 5.41) is 0. The van der Waals surface area contributed by atoms with E-state index in [9.17, 15) is 0 Å². The Hall–Kier alpha value is 0.830. The van der Waals surface area contributed by atoms with Crippen molar-refractivity contribution in [2.75, 3.05) is 20.1 Å². The van der Waals surface area contributed by atoms with Crippen LogP contribution >= 0.6 is 0 Å². The van der Waals surface area contributed by atoms with Crippen LogP contribution in [0.25, 0.3) is 0 Å². The van der Waals surface area contributed by atoms with Crippen molar-refractivity contribution in [2.24, 2.45) is 0 Å². The molecule has 0 bridgehead atoms. The van der Waals surface area contributed by atoms with Crippen molar-refractivity contribution in [3.63, 3.8) is 0 Å². The van der Waals surface area contributed by atoms with Gasteiger partial charge in [-0.3, -0.25) is 0 Å². The molecule has 0 heterocycles. The molecule has 0 N–H and O–H groups in total. The van der Waals surface area contributed by atoms with Crippen molar-refractivity contribution in [3.8, 4) is 0 Å². The topological polar surface area (TPSA) is 3.24 Å². The van der Waals surface area contributed by atoms with Crippen LogP contribution in [-0.2, 0) is 0 Å². The maximum absolute atomic E-state index is 2.51. The average Bonchev–Trinajstić information content (AvgIpc) is 1.98. The van der Waals surface area contributed by atoms with Crippen LogP contribution in [-0.4, -0.2) is 46.5 Å². The SMILES string of the molecule is CCCN(C)CCC[CH2][In]([CH3])[CH3]. The van der Waals surface area contributed by atoms with Gasteiger partial charge in [-0.05, 0) is 0 Å². The quantitative estimate of drug-likeness (QED) is 0.645. The molecule has 0 aromatic rings. The van der Waals surface area contributed by atoms with E-state index in [1.165, 1.54) is 32.4 Å². The summed E-state index contributed by atoms with van der Waals surface area (Å²) in [6.07, 6.45) is 4.20. The fourth-order valence-corrected chi connectivity index (χ4v) is 4.58. The number of hydrogen-bond acceptors (Lipinski definition) is 1. The van der Waals surface area contributed by atoms with Crippen LogP contribution in [0.15, 0.2) is 0 Å². The van der Waals surface area contributed by atoms with Gasteiger partial charge < -0.3 is 0 Å².